The van der Waals surface area contributed by atoms with Crippen LogP contribution in [0.1, 0.15) is 22.3 Å². The molecule has 0 saturated heterocycles. The number of rotatable bonds is 7. The van der Waals surface area contributed by atoms with Gasteiger partial charge in [0.25, 0.3) is 0 Å². The maximum atomic E-state index is 12.7. The van der Waals surface area contributed by atoms with E-state index in [0.717, 1.165) is 28.6 Å². The van der Waals surface area contributed by atoms with Crippen molar-refractivity contribution < 1.29 is 36.9 Å². The summed E-state index contributed by atoms with van der Waals surface area (Å²) >= 11 is 0. The van der Waals surface area contributed by atoms with Gasteiger partial charge in [-0.2, -0.15) is 13.2 Å². The molecule has 1 N–H and O–H groups in total. The van der Waals surface area contributed by atoms with E-state index in [1.807, 2.05) is 6.92 Å². The number of nitrogens with one attached hydrogen (secondary N) is 1. The summed E-state index contributed by atoms with van der Waals surface area (Å²) in [6.07, 6.45) is -3.52. The number of halogens is 3. The standard InChI is InChI=1S/C28H25F3N2O5/c1-16-12-24(38-23-9-10-32-22-14-26(36-4)25(35-3)13-20(22)23)17(2)11-21(16)33-27(34)37-15-18-5-7-19(8-6-18)28(29,30)31/h5-14H,15H2,1-4H3,(H,33,34). The normalized spacial score (nSPS) is 11.2. The van der Waals surface area contributed by atoms with Gasteiger partial charge >= 0.3 is 12.3 Å². The Kier molecular flexibility index (Phi) is 7.61. The van der Waals surface area contributed by atoms with E-state index in [0.29, 0.717) is 39.8 Å². The maximum absolute atomic E-state index is 12.7. The van der Waals surface area contributed by atoms with Gasteiger partial charge in [0, 0.05) is 23.3 Å². The largest absolute Gasteiger partial charge is 0.493 e. The van der Waals surface area contributed by atoms with Crippen molar-refractivity contribution in [3.05, 3.63) is 83.0 Å². The highest BCUT2D eigenvalue weighted by molar-refractivity contribution is 5.89. The van der Waals surface area contributed by atoms with Crippen LogP contribution in [0.25, 0.3) is 10.9 Å². The van der Waals surface area contributed by atoms with E-state index in [1.165, 1.54) is 12.1 Å². The number of carbonyl (C=O) groups is 1. The van der Waals surface area contributed by atoms with Crippen LogP contribution in [-0.2, 0) is 17.5 Å². The number of aromatic nitrogens is 1. The molecule has 4 aromatic rings. The number of benzene rings is 3. The first-order valence-electron chi connectivity index (χ1n) is 11.5. The second kappa shape index (κ2) is 10.9. The van der Waals surface area contributed by atoms with E-state index in [4.69, 9.17) is 18.9 Å². The Bertz CT molecular complexity index is 1470. The van der Waals surface area contributed by atoms with E-state index in [-0.39, 0.29) is 6.61 Å². The molecule has 0 aliphatic rings. The summed E-state index contributed by atoms with van der Waals surface area (Å²) < 4.78 is 60.3. The molecule has 10 heteroatoms. The third kappa shape index (κ3) is 5.91. The Morgan fingerprint density at radius 3 is 2.21 bits per heavy atom. The van der Waals surface area contributed by atoms with Crippen molar-refractivity contribution in [2.24, 2.45) is 0 Å². The zero-order valence-corrected chi connectivity index (χ0v) is 21.1. The summed E-state index contributed by atoms with van der Waals surface area (Å²) in [7, 11) is 3.10. The molecule has 1 aromatic heterocycles. The highest BCUT2D eigenvalue weighted by Crippen LogP contribution is 2.38. The van der Waals surface area contributed by atoms with Crippen LogP contribution >= 0.6 is 0 Å². The van der Waals surface area contributed by atoms with Gasteiger partial charge in [-0.1, -0.05) is 12.1 Å². The number of nitrogens with zero attached hydrogens (tertiary/aromatic N) is 1. The van der Waals surface area contributed by atoms with E-state index in [2.05, 4.69) is 10.3 Å². The van der Waals surface area contributed by atoms with Crippen LogP contribution in [0.15, 0.2) is 60.8 Å². The molecule has 1 amide bonds. The Morgan fingerprint density at radius 2 is 1.55 bits per heavy atom. The van der Waals surface area contributed by atoms with Gasteiger partial charge < -0.3 is 18.9 Å². The number of pyridine rings is 1. The number of hydrogen-bond acceptors (Lipinski definition) is 6. The molecule has 0 spiro atoms. The SMILES string of the molecule is COc1cc2nccc(Oc3cc(C)c(NC(=O)OCc4ccc(C(F)(F)F)cc4)cc3C)c2cc1OC. The lowest BCUT2D eigenvalue weighted by Crippen LogP contribution is -2.14. The lowest BCUT2D eigenvalue weighted by Gasteiger charge is -2.16. The minimum absolute atomic E-state index is 0.174. The molecule has 0 aliphatic heterocycles. The smallest absolute Gasteiger partial charge is 0.416 e. The topological polar surface area (TPSA) is 78.9 Å². The van der Waals surface area contributed by atoms with E-state index in [1.54, 1.807) is 57.7 Å². The van der Waals surface area contributed by atoms with E-state index >= 15 is 0 Å². The summed E-state index contributed by atoms with van der Waals surface area (Å²) in [5.41, 5.74) is 2.32. The summed E-state index contributed by atoms with van der Waals surface area (Å²) in [5, 5.41) is 3.40. The molecule has 1 heterocycles. The first-order chi connectivity index (χ1) is 18.1. The maximum Gasteiger partial charge on any atom is 0.416 e. The number of ether oxygens (including phenoxy) is 4. The van der Waals surface area contributed by atoms with Crippen molar-refractivity contribution >= 4 is 22.7 Å². The monoisotopic (exact) mass is 526 g/mol. The van der Waals surface area contributed by atoms with Gasteiger partial charge in [-0.15, -0.1) is 0 Å². The zero-order chi connectivity index (χ0) is 27.4. The van der Waals surface area contributed by atoms with Crippen LogP contribution in [-0.4, -0.2) is 25.3 Å². The Labute approximate surface area is 217 Å². The van der Waals surface area contributed by atoms with Gasteiger partial charge in [-0.05, 0) is 66.9 Å². The number of anilines is 1. The number of aryl methyl sites for hydroxylation is 2. The minimum Gasteiger partial charge on any atom is -0.493 e. The van der Waals surface area contributed by atoms with Gasteiger partial charge in [0.05, 0.1) is 25.3 Å². The van der Waals surface area contributed by atoms with Gasteiger partial charge in [-0.25, -0.2) is 4.79 Å². The minimum atomic E-state index is -4.42. The average molecular weight is 527 g/mol. The molecule has 7 nitrogen and oxygen atoms in total. The molecule has 0 aliphatic carbocycles. The van der Waals surface area contributed by atoms with Crippen molar-refractivity contribution in [3.8, 4) is 23.0 Å². The molecule has 0 radical (unpaired) electrons. The van der Waals surface area contributed by atoms with Crippen LogP contribution < -0.4 is 19.5 Å². The molecule has 0 saturated carbocycles. The molecule has 4 rings (SSSR count). The van der Waals surface area contributed by atoms with Crippen molar-refractivity contribution in [3.63, 3.8) is 0 Å². The third-order valence-electron chi connectivity index (χ3n) is 5.84. The molecular weight excluding hydrogens is 501 g/mol. The summed E-state index contributed by atoms with van der Waals surface area (Å²) in [6, 6.07) is 13.3. The first kappa shape index (κ1) is 26.6. The third-order valence-corrected chi connectivity index (χ3v) is 5.84. The molecular formula is C28H25F3N2O5. The van der Waals surface area contributed by atoms with Crippen molar-refractivity contribution in [1.82, 2.24) is 4.98 Å². The molecule has 38 heavy (non-hydrogen) atoms. The predicted octanol–water partition coefficient (Wildman–Crippen LogP) is 7.43. The Morgan fingerprint density at radius 1 is 0.868 bits per heavy atom. The lowest BCUT2D eigenvalue weighted by atomic mass is 10.1. The Balaban J connectivity index is 1.46. The number of amides is 1. The van der Waals surface area contributed by atoms with Crippen molar-refractivity contribution in [2.45, 2.75) is 26.6 Å². The Hall–Kier alpha value is -4.47. The van der Waals surface area contributed by atoms with Crippen molar-refractivity contribution in [1.29, 1.82) is 0 Å². The first-order valence-corrected chi connectivity index (χ1v) is 11.5. The molecule has 3 aromatic carbocycles. The lowest BCUT2D eigenvalue weighted by molar-refractivity contribution is -0.137. The number of hydrogen-bond donors (Lipinski definition) is 1. The zero-order valence-electron chi connectivity index (χ0n) is 21.1. The quantitative estimate of drug-likeness (QED) is 0.270. The molecule has 0 bridgehead atoms. The van der Waals surface area contributed by atoms with Gasteiger partial charge in [0.15, 0.2) is 11.5 Å². The molecule has 198 valence electrons. The fourth-order valence-electron chi connectivity index (χ4n) is 3.77. The second-order valence-electron chi connectivity index (χ2n) is 8.46. The predicted molar refractivity (Wildman–Crippen MR) is 136 cm³/mol. The highest BCUT2D eigenvalue weighted by Gasteiger charge is 2.30. The summed E-state index contributed by atoms with van der Waals surface area (Å²) in [6.45, 7) is 3.46. The number of alkyl halides is 3. The van der Waals surface area contributed by atoms with Crippen LogP contribution in [0.5, 0.6) is 23.0 Å². The second-order valence-corrected chi connectivity index (χ2v) is 8.46. The molecule has 0 unspecified atom stereocenters. The van der Waals surface area contributed by atoms with Crippen LogP contribution in [0, 0.1) is 13.8 Å². The van der Waals surface area contributed by atoms with Gasteiger partial charge in [0.1, 0.15) is 18.1 Å². The number of carbonyl (C=O) groups excluding carboxylic acids is 1. The number of fused-ring (bicyclic) bond motifs is 1. The van der Waals surface area contributed by atoms with Crippen molar-refractivity contribution in [2.75, 3.05) is 19.5 Å². The highest BCUT2D eigenvalue weighted by atomic mass is 19.4. The van der Waals surface area contributed by atoms with E-state index in [9.17, 15) is 18.0 Å². The molecule has 0 fully saturated rings. The van der Waals surface area contributed by atoms with Gasteiger partial charge in [-0.3, -0.25) is 10.3 Å². The van der Waals surface area contributed by atoms with Crippen LogP contribution in [0.4, 0.5) is 23.7 Å². The number of methoxy groups -OCH3 is 2. The average Bonchev–Trinajstić information content (AvgIpc) is 2.89. The summed E-state index contributed by atoms with van der Waals surface area (Å²) in [4.78, 5) is 16.7. The fraction of sp³-hybridized carbons (Fsp3) is 0.214. The van der Waals surface area contributed by atoms with Crippen LogP contribution in [0.2, 0.25) is 0 Å². The van der Waals surface area contributed by atoms with E-state index < -0.39 is 17.8 Å². The van der Waals surface area contributed by atoms with Crippen LogP contribution in [0.3, 0.4) is 0 Å². The molecule has 0 atom stereocenters. The van der Waals surface area contributed by atoms with Gasteiger partial charge in [0.2, 0.25) is 0 Å². The fourth-order valence-corrected chi connectivity index (χ4v) is 3.77. The summed E-state index contributed by atoms with van der Waals surface area (Å²) in [5.74, 6) is 2.24.